The Hall–Kier alpha value is -2.77. The van der Waals surface area contributed by atoms with Crippen LogP contribution in [-0.2, 0) is 33.6 Å². The molecule has 0 unspecified atom stereocenters. The van der Waals surface area contributed by atoms with E-state index in [0.29, 0.717) is 24.2 Å². The Balaban J connectivity index is 2.00. The highest BCUT2D eigenvalue weighted by Crippen LogP contribution is 2.46. The van der Waals surface area contributed by atoms with Gasteiger partial charge in [0, 0.05) is 42.6 Å². The van der Waals surface area contributed by atoms with Gasteiger partial charge < -0.3 is 25.6 Å². The highest BCUT2D eigenvalue weighted by atomic mass is 16.5. The summed E-state index contributed by atoms with van der Waals surface area (Å²) in [5, 5.41) is 27.7. The third-order valence-corrected chi connectivity index (χ3v) is 6.90. The zero-order valence-electron chi connectivity index (χ0n) is 22.8. The van der Waals surface area contributed by atoms with Crippen LogP contribution >= 0.6 is 0 Å². The van der Waals surface area contributed by atoms with Crippen LogP contribution in [0.2, 0.25) is 0 Å². The van der Waals surface area contributed by atoms with Crippen LogP contribution in [0.15, 0.2) is 0 Å². The van der Waals surface area contributed by atoms with Crippen LogP contribution in [0.4, 0.5) is 0 Å². The average Bonchev–Trinajstić information content (AvgIpc) is 2.87. The van der Waals surface area contributed by atoms with Gasteiger partial charge in [-0.1, -0.05) is 65.2 Å². The molecule has 8 heteroatoms. The van der Waals surface area contributed by atoms with Crippen molar-refractivity contribution in [2.45, 2.75) is 117 Å². The second kappa shape index (κ2) is 16.9. The van der Waals surface area contributed by atoms with Gasteiger partial charge in [-0.25, -0.2) is 0 Å². The molecule has 1 heterocycles. The largest absolute Gasteiger partial charge is 0.507 e. The molecule has 4 N–H and O–H groups in total. The molecule has 0 atom stereocenters. The van der Waals surface area contributed by atoms with E-state index in [0.717, 1.165) is 38.5 Å². The number of hydrogen-bond acceptors (Lipinski definition) is 6. The van der Waals surface area contributed by atoms with Crippen LogP contribution in [-0.4, -0.2) is 41.1 Å². The number of carbonyl (C=O) groups excluding carboxylic acids is 3. The van der Waals surface area contributed by atoms with Crippen LogP contribution < -0.4 is 15.4 Å². The molecule has 0 aliphatic carbocycles. The number of hydrogen-bond donors (Lipinski definition) is 4. The number of fused-ring (bicyclic) bond motifs is 1. The lowest BCUT2D eigenvalue weighted by Crippen LogP contribution is -2.25. The standard InChI is InChI=1S/C29H46N2O6/c1-3-5-7-9-11-19-30-24(32)16-13-21-27(35)22(29-23(28(21)36)15-18-26(34)37-29)14-17-25(33)31-20-12-10-8-6-4-2/h35-36H,3-20H2,1-2H3,(H,30,32)(H,31,33). The van der Waals surface area contributed by atoms with E-state index in [1.54, 1.807) is 0 Å². The molecule has 0 aromatic heterocycles. The maximum absolute atomic E-state index is 12.4. The first-order valence-electron chi connectivity index (χ1n) is 14.2. The number of phenols is 2. The van der Waals surface area contributed by atoms with Crippen molar-refractivity contribution in [1.29, 1.82) is 0 Å². The van der Waals surface area contributed by atoms with E-state index in [1.165, 1.54) is 25.7 Å². The summed E-state index contributed by atoms with van der Waals surface area (Å²) in [6, 6.07) is 0. The van der Waals surface area contributed by atoms with Gasteiger partial charge in [0.15, 0.2) is 0 Å². The van der Waals surface area contributed by atoms with E-state index in [2.05, 4.69) is 24.5 Å². The molecule has 8 nitrogen and oxygen atoms in total. The molecule has 0 saturated heterocycles. The van der Waals surface area contributed by atoms with Crippen molar-refractivity contribution in [3.05, 3.63) is 16.7 Å². The Bertz CT molecular complexity index is 899. The minimum atomic E-state index is -0.435. The summed E-state index contributed by atoms with van der Waals surface area (Å²) in [5.74, 6) is -0.899. The first-order valence-corrected chi connectivity index (χ1v) is 14.2. The van der Waals surface area contributed by atoms with Gasteiger partial charge in [-0.3, -0.25) is 14.4 Å². The van der Waals surface area contributed by atoms with Crippen molar-refractivity contribution in [1.82, 2.24) is 10.6 Å². The van der Waals surface area contributed by atoms with Crippen LogP contribution in [0.1, 0.15) is 114 Å². The molecule has 0 saturated carbocycles. The second-order valence-corrected chi connectivity index (χ2v) is 9.96. The van der Waals surface area contributed by atoms with E-state index >= 15 is 0 Å². The van der Waals surface area contributed by atoms with Gasteiger partial charge in [0.1, 0.15) is 17.2 Å². The summed E-state index contributed by atoms with van der Waals surface area (Å²) in [7, 11) is 0. The van der Waals surface area contributed by atoms with Crippen molar-refractivity contribution in [2.24, 2.45) is 0 Å². The third kappa shape index (κ3) is 10.3. The van der Waals surface area contributed by atoms with Crippen LogP contribution in [0.5, 0.6) is 17.2 Å². The normalized spacial score (nSPS) is 12.6. The smallest absolute Gasteiger partial charge is 0.311 e. The molecule has 0 radical (unpaired) electrons. The maximum Gasteiger partial charge on any atom is 0.311 e. The number of nitrogens with one attached hydrogen (secondary N) is 2. The Kier molecular flexibility index (Phi) is 13.9. The number of rotatable bonds is 18. The number of esters is 1. The highest BCUT2D eigenvalue weighted by molar-refractivity contribution is 5.80. The van der Waals surface area contributed by atoms with Crippen LogP contribution in [0.25, 0.3) is 0 Å². The first kappa shape index (κ1) is 30.5. The van der Waals surface area contributed by atoms with E-state index in [9.17, 15) is 24.6 Å². The summed E-state index contributed by atoms with van der Waals surface area (Å²) >= 11 is 0. The molecule has 37 heavy (non-hydrogen) atoms. The van der Waals surface area contributed by atoms with E-state index in [4.69, 9.17) is 4.74 Å². The van der Waals surface area contributed by atoms with Gasteiger partial charge in [0.05, 0.1) is 6.42 Å². The highest BCUT2D eigenvalue weighted by Gasteiger charge is 2.30. The average molecular weight is 519 g/mol. The molecular formula is C29H46N2O6. The van der Waals surface area contributed by atoms with Crippen LogP contribution in [0.3, 0.4) is 0 Å². The monoisotopic (exact) mass is 518 g/mol. The third-order valence-electron chi connectivity index (χ3n) is 6.90. The van der Waals surface area contributed by atoms with Crippen molar-refractivity contribution in [3.63, 3.8) is 0 Å². The number of benzene rings is 1. The summed E-state index contributed by atoms with van der Waals surface area (Å²) < 4.78 is 5.40. The molecule has 1 aliphatic heterocycles. The van der Waals surface area contributed by atoms with Crippen molar-refractivity contribution >= 4 is 17.8 Å². The Morgan fingerprint density at radius 1 is 0.730 bits per heavy atom. The molecule has 1 aliphatic rings. The van der Waals surface area contributed by atoms with Gasteiger partial charge in [-0.15, -0.1) is 0 Å². The van der Waals surface area contributed by atoms with Gasteiger partial charge in [0.2, 0.25) is 11.8 Å². The van der Waals surface area contributed by atoms with E-state index < -0.39 is 5.97 Å². The molecule has 0 fully saturated rings. The fourth-order valence-electron chi connectivity index (χ4n) is 4.66. The summed E-state index contributed by atoms with van der Waals surface area (Å²) in [4.78, 5) is 36.7. The fraction of sp³-hybridized carbons (Fsp3) is 0.690. The van der Waals surface area contributed by atoms with E-state index in [-0.39, 0.29) is 73.2 Å². The minimum absolute atomic E-state index is 0.118. The molecule has 1 aromatic carbocycles. The SMILES string of the molecule is CCCCCCCNC(=O)CCc1c(O)c(CCC(=O)NCCCCCCC)c2c(c1O)CCC(=O)O2. The number of unbranched alkanes of at least 4 members (excludes halogenated alkanes) is 8. The molecule has 1 aromatic rings. The molecule has 0 spiro atoms. The van der Waals surface area contributed by atoms with Crippen LogP contribution in [0, 0.1) is 0 Å². The first-order chi connectivity index (χ1) is 17.9. The zero-order chi connectivity index (χ0) is 27.0. The van der Waals surface area contributed by atoms with E-state index in [1.807, 2.05) is 0 Å². The summed E-state index contributed by atoms with van der Waals surface area (Å²) in [5.41, 5.74) is 1.06. The maximum atomic E-state index is 12.4. The lowest BCUT2D eigenvalue weighted by Gasteiger charge is -2.23. The van der Waals surface area contributed by atoms with Crippen molar-refractivity contribution < 1.29 is 29.3 Å². The Labute approximate surface area is 221 Å². The molecular weight excluding hydrogens is 472 g/mol. The number of phenolic OH excluding ortho intramolecular Hbond substituents is 2. The predicted octanol–water partition coefficient (Wildman–Crippen LogP) is 4.99. The quantitative estimate of drug-likeness (QED) is 0.123. The number of ether oxygens (including phenoxy) is 1. The molecule has 0 bridgehead atoms. The Morgan fingerprint density at radius 3 is 1.78 bits per heavy atom. The molecule has 2 amide bonds. The Morgan fingerprint density at radius 2 is 1.24 bits per heavy atom. The summed E-state index contributed by atoms with van der Waals surface area (Å²) in [6.45, 7) is 5.54. The predicted molar refractivity (Wildman–Crippen MR) is 144 cm³/mol. The van der Waals surface area contributed by atoms with Crippen molar-refractivity contribution in [3.8, 4) is 17.2 Å². The molecule has 2 rings (SSSR count). The number of carbonyl (C=O) groups is 3. The van der Waals surface area contributed by atoms with Gasteiger partial charge in [-0.2, -0.15) is 0 Å². The van der Waals surface area contributed by atoms with Gasteiger partial charge >= 0.3 is 5.97 Å². The summed E-state index contributed by atoms with van der Waals surface area (Å²) in [6.07, 6.45) is 12.0. The lowest BCUT2D eigenvalue weighted by atomic mass is 9.91. The topological polar surface area (TPSA) is 125 Å². The minimum Gasteiger partial charge on any atom is -0.507 e. The number of amides is 2. The fourth-order valence-corrected chi connectivity index (χ4v) is 4.66. The van der Waals surface area contributed by atoms with Gasteiger partial charge in [-0.05, 0) is 32.1 Å². The van der Waals surface area contributed by atoms with Gasteiger partial charge in [0.25, 0.3) is 0 Å². The number of aromatic hydroxyl groups is 2. The second-order valence-electron chi connectivity index (χ2n) is 9.96. The zero-order valence-corrected chi connectivity index (χ0v) is 22.8. The van der Waals surface area contributed by atoms with Crippen molar-refractivity contribution in [2.75, 3.05) is 13.1 Å². The lowest BCUT2D eigenvalue weighted by molar-refractivity contribution is -0.135. The molecule has 208 valence electrons.